The molecule has 0 saturated carbocycles. The van der Waals surface area contributed by atoms with E-state index < -0.39 is 0 Å². The zero-order valence-electron chi connectivity index (χ0n) is 13.6. The van der Waals surface area contributed by atoms with Gasteiger partial charge < -0.3 is 10.2 Å². The number of benzene rings is 2. The lowest BCUT2D eigenvalue weighted by Gasteiger charge is -2.22. The number of carbonyl (C=O) groups is 2. The van der Waals surface area contributed by atoms with Crippen LogP contribution < -0.4 is 5.32 Å². The van der Waals surface area contributed by atoms with Crippen molar-refractivity contribution in [2.75, 3.05) is 18.4 Å². The highest BCUT2D eigenvalue weighted by molar-refractivity contribution is 9.10. The van der Waals surface area contributed by atoms with E-state index in [1.165, 1.54) is 4.90 Å². The molecule has 0 heterocycles. The normalized spacial score (nSPS) is 10.4. The maximum atomic E-state index is 12.7. The number of anilines is 1. The Hall–Kier alpha value is -1.56. The summed E-state index contributed by atoms with van der Waals surface area (Å²) in [6.45, 7) is 2.36. The van der Waals surface area contributed by atoms with E-state index in [2.05, 4.69) is 21.2 Å². The third kappa shape index (κ3) is 5.73. The molecule has 1 N–H and O–H groups in total. The Kier molecular flexibility index (Phi) is 7.29. The van der Waals surface area contributed by atoms with Gasteiger partial charge in [0.25, 0.3) is 5.91 Å². The molecule has 0 bridgehead atoms. The number of nitrogens with one attached hydrogen (secondary N) is 1. The molecule has 7 heteroatoms. The van der Waals surface area contributed by atoms with E-state index in [9.17, 15) is 9.59 Å². The van der Waals surface area contributed by atoms with Gasteiger partial charge in [0.2, 0.25) is 5.91 Å². The van der Waals surface area contributed by atoms with Crippen LogP contribution in [0.2, 0.25) is 10.0 Å². The molecule has 0 aliphatic carbocycles. The second-order valence-electron chi connectivity index (χ2n) is 5.41. The summed E-state index contributed by atoms with van der Waals surface area (Å²) in [6.07, 6.45) is 0.741. The first-order valence-corrected chi connectivity index (χ1v) is 9.25. The zero-order valence-corrected chi connectivity index (χ0v) is 16.7. The summed E-state index contributed by atoms with van der Waals surface area (Å²) in [6, 6.07) is 11.9. The molecule has 0 aliphatic rings. The molecular formula is C18H17BrCl2N2O2. The Morgan fingerprint density at radius 1 is 1.16 bits per heavy atom. The van der Waals surface area contributed by atoms with Gasteiger partial charge in [-0.15, -0.1) is 0 Å². The number of hydrogen-bond acceptors (Lipinski definition) is 2. The van der Waals surface area contributed by atoms with Crippen molar-refractivity contribution in [2.45, 2.75) is 13.3 Å². The van der Waals surface area contributed by atoms with Crippen LogP contribution in [-0.2, 0) is 4.79 Å². The second-order valence-corrected chi connectivity index (χ2v) is 7.17. The van der Waals surface area contributed by atoms with Crippen LogP contribution in [0.3, 0.4) is 0 Å². The van der Waals surface area contributed by atoms with Gasteiger partial charge in [0.05, 0.1) is 10.7 Å². The lowest BCUT2D eigenvalue weighted by atomic mass is 10.2. The van der Waals surface area contributed by atoms with Crippen molar-refractivity contribution in [3.63, 3.8) is 0 Å². The van der Waals surface area contributed by atoms with Crippen LogP contribution in [0.1, 0.15) is 23.7 Å². The van der Waals surface area contributed by atoms with Crippen LogP contribution in [0.15, 0.2) is 46.9 Å². The number of nitrogens with zero attached hydrogens (tertiary/aromatic N) is 1. The Bertz CT molecular complexity index is 783. The van der Waals surface area contributed by atoms with Gasteiger partial charge in [-0.1, -0.05) is 52.1 Å². The Balaban J connectivity index is 2.11. The highest BCUT2D eigenvalue weighted by atomic mass is 79.9. The van der Waals surface area contributed by atoms with Crippen molar-refractivity contribution >= 4 is 56.6 Å². The predicted molar refractivity (Wildman–Crippen MR) is 105 cm³/mol. The van der Waals surface area contributed by atoms with E-state index in [0.717, 1.165) is 10.9 Å². The van der Waals surface area contributed by atoms with Gasteiger partial charge in [-0.25, -0.2) is 0 Å². The smallest absolute Gasteiger partial charge is 0.254 e. The molecule has 25 heavy (non-hydrogen) atoms. The van der Waals surface area contributed by atoms with Gasteiger partial charge in [-0.05, 0) is 42.8 Å². The molecule has 0 radical (unpaired) electrons. The van der Waals surface area contributed by atoms with E-state index in [4.69, 9.17) is 23.2 Å². The predicted octanol–water partition coefficient (Wildman–Crippen LogP) is 5.25. The minimum Gasteiger partial charge on any atom is -0.329 e. The van der Waals surface area contributed by atoms with E-state index >= 15 is 0 Å². The van der Waals surface area contributed by atoms with Gasteiger partial charge in [-0.2, -0.15) is 0 Å². The molecule has 0 aliphatic heterocycles. The van der Waals surface area contributed by atoms with Crippen LogP contribution in [0.25, 0.3) is 0 Å². The lowest BCUT2D eigenvalue weighted by Crippen LogP contribution is -2.38. The van der Waals surface area contributed by atoms with Crippen molar-refractivity contribution in [1.29, 1.82) is 0 Å². The van der Waals surface area contributed by atoms with Crippen molar-refractivity contribution in [2.24, 2.45) is 0 Å². The van der Waals surface area contributed by atoms with E-state index in [1.54, 1.807) is 36.4 Å². The average Bonchev–Trinajstić information content (AvgIpc) is 2.57. The maximum absolute atomic E-state index is 12.7. The first-order valence-electron chi connectivity index (χ1n) is 7.70. The minimum absolute atomic E-state index is 0.0674. The van der Waals surface area contributed by atoms with Crippen LogP contribution in [-0.4, -0.2) is 29.8 Å². The molecule has 0 aromatic heterocycles. The van der Waals surface area contributed by atoms with Crippen LogP contribution in [0.5, 0.6) is 0 Å². The Labute approximate surface area is 165 Å². The number of halogens is 3. The summed E-state index contributed by atoms with van der Waals surface area (Å²) in [5.41, 5.74) is 0.946. The van der Waals surface area contributed by atoms with Gasteiger partial charge in [0.1, 0.15) is 6.54 Å². The van der Waals surface area contributed by atoms with Gasteiger partial charge in [-0.3, -0.25) is 9.59 Å². The van der Waals surface area contributed by atoms with Crippen molar-refractivity contribution < 1.29 is 9.59 Å². The molecule has 132 valence electrons. The van der Waals surface area contributed by atoms with Crippen LogP contribution in [0, 0.1) is 0 Å². The highest BCUT2D eigenvalue weighted by Gasteiger charge is 2.19. The first-order chi connectivity index (χ1) is 11.9. The molecule has 0 unspecified atom stereocenters. The fourth-order valence-corrected chi connectivity index (χ4v) is 3.02. The highest BCUT2D eigenvalue weighted by Crippen LogP contribution is 2.25. The monoisotopic (exact) mass is 442 g/mol. The van der Waals surface area contributed by atoms with Crippen molar-refractivity contribution in [3.05, 3.63) is 62.5 Å². The molecule has 2 aromatic rings. The summed E-state index contributed by atoms with van der Waals surface area (Å²) < 4.78 is 0.810. The fraction of sp³-hybridized carbons (Fsp3) is 0.222. The molecule has 0 atom stereocenters. The first kappa shape index (κ1) is 19.8. The molecule has 4 nitrogen and oxygen atoms in total. The van der Waals surface area contributed by atoms with Crippen LogP contribution >= 0.6 is 39.1 Å². The summed E-state index contributed by atoms with van der Waals surface area (Å²) in [5.74, 6) is -0.531. The number of amides is 2. The van der Waals surface area contributed by atoms with Gasteiger partial charge >= 0.3 is 0 Å². The molecular weight excluding hydrogens is 427 g/mol. The molecule has 0 fully saturated rings. The summed E-state index contributed by atoms with van der Waals surface area (Å²) in [7, 11) is 0. The third-order valence-corrected chi connectivity index (χ3v) is 4.45. The molecule has 2 aromatic carbocycles. The zero-order chi connectivity index (χ0) is 18.4. The number of carbonyl (C=O) groups excluding carboxylic acids is 2. The molecule has 2 rings (SSSR count). The third-order valence-electron chi connectivity index (χ3n) is 3.39. The molecule has 0 saturated heterocycles. The second kappa shape index (κ2) is 9.22. The Morgan fingerprint density at radius 3 is 2.60 bits per heavy atom. The van der Waals surface area contributed by atoms with E-state index in [0.29, 0.717) is 27.8 Å². The Morgan fingerprint density at radius 2 is 1.92 bits per heavy atom. The van der Waals surface area contributed by atoms with Crippen LogP contribution in [0.4, 0.5) is 5.69 Å². The topological polar surface area (TPSA) is 49.4 Å². The summed E-state index contributed by atoms with van der Waals surface area (Å²) in [4.78, 5) is 26.5. The minimum atomic E-state index is -0.332. The summed E-state index contributed by atoms with van der Waals surface area (Å²) >= 11 is 15.3. The SMILES string of the molecule is CCCN(CC(=O)Nc1cc(Cl)ccc1Cl)C(=O)c1cccc(Br)c1. The van der Waals surface area contributed by atoms with Crippen molar-refractivity contribution in [3.8, 4) is 0 Å². The molecule has 0 spiro atoms. The average molecular weight is 444 g/mol. The van der Waals surface area contributed by atoms with Crippen molar-refractivity contribution in [1.82, 2.24) is 4.90 Å². The van der Waals surface area contributed by atoms with E-state index in [-0.39, 0.29) is 18.4 Å². The van der Waals surface area contributed by atoms with E-state index in [1.807, 2.05) is 13.0 Å². The lowest BCUT2D eigenvalue weighted by molar-refractivity contribution is -0.116. The molecule has 2 amide bonds. The standard InChI is InChI=1S/C18H17BrCl2N2O2/c1-2-8-23(18(25)12-4-3-5-13(19)9-12)11-17(24)22-16-10-14(20)6-7-15(16)21/h3-7,9-10H,2,8,11H2,1H3,(H,22,24). The van der Waals surface area contributed by atoms with Gasteiger partial charge in [0, 0.05) is 21.6 Å². The largest absolute Gasteiger partial charge is 0.329 e. The number of rotatable bonds is 6. The maximum Gasteiger partial charge on any atom is 0.254 e. The fourth-order valence-electron chi connectivity index (χ4n) is 2.28. The summed E-state index contributed by atoms with van der Waals surface area (Å²) in [5, 5.41) is 3.55. The number of hydrogen-bond donors (Lipinski definition) is 1. The quantitative estimate of drug-likeness (QED) is 0.662. The van der Waals surface area contributed by atoms with Gasteiger partial charge in [0.15, 0.2) is 0 Å².